The van der Waals surface area contributed by atoms with E-state index < -0.39 is 0 Å². The second-order valence-corrected chi connectivity index (χ2v) is 2.81. The Morgan fingerprint density at radius 3 is 2.23 bits per heavy atom. The Morgan fingerprint density at radius 2 is 1.38 bits per heavy atom. The summed E-state index contributed by atoms with van der Waals surface area (Å²) in [5.74, 6) is 0. The van der Waals surface area contributed by atoms with Crippen LogP contribution in [0.3, 0.4) is 0 Å². The Balaban J connectivity index is 2.49. The fourth-order valence-corrected chi connectivity index (χ4v) is 1.00. The minimum atomic E-state index is 0.978. The second-order valence-electron chi connectivity index (χ2n) is 2.81. The highest BCUT2D eigenvalue weighted by Gasteiger charge is 1.74. The van der Waals surface area contributed by atoms with Crippen molar-refractivity contribution in [3.8, 4) is 0 Å². The molecule has 0 aliphatic heterocycles. The van der Waals surface area contributed by atoms with Gasteiger partial charge in [-0.25, -0.2) is 0 Å². The third-order valence-electron chi connectivity index (χ3n) is 1.68. The third-order valence-corrected chi connectivity index (χ3v) is 1.68. The van der Waals surface area contributed by atoms with Gasteiger partial charge in [0.2, 0.25) is 0 Å². The molecule has 1 aliphatic carbocycles. The standard InChI is InChI=1S/C13H15/c1-2-4-6-8-10-12-13-11-9-7-5-3-1/h1-4,7-10,13H,5-6,11H2/b3-1+,4-2-,9-7+,10-8+,13-12?. The first kappa shape index (κ1) is 9.79. The lowest BCUT2D eigenvalue weighted by atomic mass is 10.3. The molecule has 0 fully saturated rings. The summed E-state index contributed by atoms with van der Waals surface area (Å²) in [6, 6.07) is 0. The second kappa shape index (κ2) is 7.35. The van der Waals surface area contributed by atoms with E-state index in [9.17, 15) is 0 Å². The van der Waals surface area contributed by atoms with Gasteiger partial charge in [-0.3, -0.25) is 0 Å². The van der Waals surface area contributed by atoms with Crippen molar-refractivity contribution in [1.82, 2.24) is 0 Å². The molecule has 0 N–H and O–H groups in total. The van der Waals surface area contributed by atoms with Gasteiger partial charge in [-0.05, 0) is 25.3 Å². The Bertz CT molecular complexity index is 223. The fraction of sp³-hybridized carbons (Fsp3) is 0.231. The van der Waals surface area contributed by atoms with E-state index in [1.54, 1.807) is 0 Å². The predicted octanol–water partition coefficient (Wildman–Crippen LogP) is 3.75. The van der Waals surface area contributed by atoms with Crippen LogP contribution in [0.5, 0.6) is 0 Å². The van der Waals surface area contributed by atoms with Gasteiger partial charge in [0.1, 0.15) is 0 Å². The molecule has 0 saturated heterocycles. The van der Waals surface area contributed by atoms with E-state index in [4.69, 9.17) is 0 Å². The number of allylic oxidation sites excluding steroid dienone is 10. The van der Waals surface area contributed by atoms with Gasteiger partial charge >= 0.3 is 0 Å². The van der Waals surface area contributed by atoms with Gasteiger partial charge in [-0.2, -0.15) is 0 Å². The van der Waals surface area contributed by atoms with Gasteiger partial charge in [0, 0.05) is 0 Å². The van der Waals surface area contributed by atoms with Crippen LogP contribution in [-0.2, 0) is 0 Å². The molecule has 0 saturated carbocycles. The molecule has 0 bridgehead atoms. The molecule has 67 valence electrons. The quantitative estimate of drug-likeness (QED) is 0.487. The van der Waals surface area contributed by atoms with E-state index in [2.05, 4.69) is 48.6 Å². The topological polar surface area (TPSA) is 0 Å². The molecule has 1 aliphatic rings. The zero-order chi connectivity index (χ0) is 9.19. The summed E-state index contributed by atoms with van der Waals surface area (Å²) in [5.41, 5.74) is 0. The maximum atomic E-state index is 3.11. The average Bonchev–Trinajstić information content (AvgIpc) is 2.18. The number of hydrogen-bond donors (Lipinski definition) is 0. The molecule has 0 heterocycles. The first-order chi connectivity index (χ1) is 6.50. The SMILES string of the molecule is [C]1=C/C/C=C/C/C=C/C=C\C/C=C/1. The smallest absolute Gasteiger partial charge is 0.0160 e. The Labute approximate surface area is 80.7 Å². The summed E-state index contributed by atoms with van der Waals surface area (Å²) < 4.78 is 0. The largest absolute Gasteiger partial charge is 0.0844 e. The predicted molar refractivity (Wildman–Crippen MR) is 58.2 cm³/mol. The van der Waals surface area contributed by atoms with Crippen molar-refractivity contribution in [3.63, 3.8) is 0 Å². The number of hydrogen-bond acceptors (Lipinski definition) is 0. The molecule has 0 heteroatoms. The van der Waals surface area contributed by atoms with Crippen molar-refractivity contribution in [3.05, 3.63) is 60.8 Å². The van der Waals surface area contributed by atoms with Crippen molar-refractivity contribution in [2.45, 2.75) is 19.3 Å². The van der Waals surface area contributed by atoms with Crippen LogP contribution in [0.4, 0.5) is 0 Å². The molecule has 1 radical (unpaired) electrons. The van der Waals surface area contributed by atoms with E-state index in [1.807, 2.05) is 12.2 Å². The lowest BCUT2D eigenvalue weighted by Crippen LogP contribution is -1.60. The molecule has 0 aromatic carbocycles. The van der Waals surface area contributed by atoms with Crippen LogP contribution >= 0.6 is 0 Å². The highest BCUT2D eigenvalue weighted by Crippen LogP contribution is 1.94. The average molecular weight is 171 g/mol. The minimum absolute atomic E-state index is 0.978. The normalized spacial score (nSPS) is 30.2. The van der Waals surface area contributed by atoms with Gasteiger partial charge in [0.25, 0.3) is 0 Å². The van der Waals surface area contributed by atoms with Gasteiger partial charge in [0.05, 0.1) is 0 Å². The first-order valence-corrected chi connectivity index (χ1v) is 4.69. The Morgan fingerprint density at radius 1 is 0.692 bits per heavy atom. The molecule has 1 rings (SSSR count). The van der Waals surface area contributed by atoms with Crippen molar-refractivity contribution >= 4 is 0 Å². The van der Waals surface area contributed by atoms with Crippen LogP contribution in [0.1, 0.15) is 19.3 Å². The van der Waals surface area contributed by atoms with E-state index in [-0.39, 0.29) is 0 Å². The summed E-state index contributed by atoms with van der Waals surface area (Å²) in [7, 11) is 0. The van der Waals surface area contributed by atoms with Crippen LogP contribution in [0.25, 0.3) is 0 Å². The van der Waals surface area contributed by atoms with Crippen LogP contribution in [0.2, 0.25) is 0 Å². The fourth-order valence-electron chi connectivity index (χ4n) is 1.00. The lowest BCUT2D eigenvalue weighted by Gasteiger charge is -1.80. The lowest BCUT2D eigenvalue weighted by molar-refractivity contribution is 1.31. The molecule has 0 aromatic heterocycles. The first-order valence-electron chi connectivity index (χ1n) is 4.69. The van der Waals surface area contributed by atoms with Gasteiger partial charge in [0.15, 0.2) is 0 Å². The van der Waals surface area contributed by atoms with Crippen LogP contribution in [0.15, 0.2) is 54.7 Å². The molecular formula is C13H15. The molecule has 0 atom stereocenters. The summed E-state index contributed by atoms with van der Waals surface area (Å²) in [4.78, 5) is 0. The van der Waals surface area contributed by atoms with E-state index >= 15 is 0 Å². The van der Waals surface area contributed by atoms with Crippen LogP contribution < -0.4 is 0 Å². The van der Waals surface area contributed by atoms with Gasteiger partial charge in [-0.1, -0.05) is 54.7 Å². The molecule has 0 spiro atoms. The highest BCUT2D eigenvalue weighted by atomic mass is 13.8. The van der Waals surface area contributed by atoms with E-state index in [0.717, 1.165) is 19.3 Å². The van der Waals surface area contributed by atoms with Crippen molar-refractivity contribution in [1.29, 1.82) is 0 Å². The minimum Gasteiger partial charge on any atom is -0.0844 e. The van der Waals surface area contributed by atoms with E-state index in [0.29, 0.717) is 0 Å². The maximum absolute atomic E-state index is 3.11. The number of rotatable bonds is 0. The summed E-state index contributed by atoms with van der Waals surface area (Å²) in [5, 5.41) is 0. The van der Waals surface area contributed by atoms with E-state index in [1.165, 1.54) is 0 Å². The molecule has 0 unspecified atom stereocenters. The Kier molecular flexibility index (Phi) is 5.54. The highest BCUT2D eigenvalue weighted by molar-refractivity contribution is 5.09. The summed E-state index contributed by atoms with van der Waals surface area (Å²) >= 11 is 0. The van der Waals surface area contributed by atoms with Gasteiger partial charge in [-0.15, -0.1) is 0 Å². The van der Waals surface area contributed by atoms with Gasteiger partial charge < -0.3 is 0 Å². The summed E-state index contributed by atoms with van der Waals surface area (Å²) in [6.07, 6.45) is 25.0. The van der Waals surface area contributed by atoms with Crippen LogP contribution in [-0.4, -0.2) is 0 Å². The summed E-state index contributed by atoms with van der Waals surface area (Å²) in [6.45, 7) is 0. The van der Waals surface area contributed by atoms with Crippen molar-refractivity contribution < 1.29 is 0 Å². The molecule has 13 heavy (non-hydrogen) atoms. The third kappa shape index (κ3) is 5.92. The zero-order valence-electron chi connectivity index (χ0n) is 7.82. The zero-order valence-corrected chi connectivity index (χ0v) is 7.82. The molecular weight excluding hydrogens is 156 g/mol. The molecule has 0 nitrogen and oxygen atoms in total. The maximum Gasteiger partial charge on any atom is -0.0160 e. The van der Waals surface area contributed by atoms with Crippen molar-refractivity contribution in [2.24, 2.45) is 0 Å². The van der Waals surface area contributed by atoms with Crippen molar-refractivity contribution in [2.75, 3.05) is 0 Å². The monoisotopic (exact) mass is 171 g/mol. The molecule has 0 amide bonds. The molecule has 0 aromatic rings. The Hall–Kier alpha value is -1.30. The van der Waals surface area contributed by atoms with Crippen LogP contribution in [0, 0.1) is 6.08 Å².